The van der Waals surface area contributed by atoms with Crippen LogP contribution in [0.1, 0.15) is 23.3 Å². The molecule has 1 N–H and O–H groups in total. The lowest BCUT2D eigenvalue weighted by molar-refractivity contribution is -0.00805. The Morgan fingerprint density at radius 2 is 2.17 bits per heavy atom. The number of ether oxygens (including phenoxy) is 1. The first kappa shape index (κ1) is 20.4. The number of benzene rings is 1. The largest absolute Gasteiger partial charge is 0.370 e. The third-order valence-corrected chi connectivity index (χ3v) is 5.48. The van der Waals surface area contributed by atoms with Crippen LogP contribution in [0.5, 0.6) is 0 Å². The standard InChI is InChI=1S/C21H26ClN7O/c1-23-21(28-10-11-30-20(15-28)17-12-26-27(2)14-17)24-13-19(29-9-3-8-25-29)16-4-6-18(22)7-5-16/h3-9,12,14,19-20H,10-11,13,15H2,1-2H3,(H,23,24). The number of hydrogen-bond donors (Lipinski definition) is 1. The van der Waals surface area contributed by atoms with E-state index in [9.17, 15) is 0 Å². The molecule has 1 aliphatic heterocycles. The zero-order valence-corrected chi connectivity index (χ0v) is 17.9. The minimum absolute atomic E-state index is 0.0178. The molecule has 30 heavy (non-hydrogen) atoms. The molecule has 0 radical (unpaired) electrons. The maximum atomic E-state index is 6.08. The van der Waals surface area contributed by atoms with Gasteiger partial charge in [-0.25, -0.2) is 0 Å². The highest BCUT2D eigenvalue weighted by molar-refractivity contribution is 6.30. The van der Waals surface area contributed by atoms with Crippen LogP contribution in [0.2, 0.25) is 5.02 Å². The van der Waals surface area contributed by atoms with Gasteiger partial charge in [0.2, 0.25) is 0 Å². The van der Waals surface area contributed by atoms with Crippen LogP contribution in [0.25, 0.3) is 0 Å². The summed E-state index contributed by atoms with van der Waals surface area (Å²) < 4.78 is 9.71. The number of hydrogen-bond acceptors (Lipinski definition) is 4. The molecule has 8 nitrogen and oxygen atoms in total. The van der Waals surface area contributed by atoms with Crippen LogP contribution in [0.3, 0.4) is 0 Å². The molecule has 0 saturated carbocycles. The fourth-order valence-corrected chi connectivity index (χ4v) is 3.81. The van der Waals surface area contributed by atoms with Gasteiger partial charge >= 0.3 is 0 Å². The molecule has 2 unspecified atom stereocenters. The van der Waals surface area contributed by atoms with E-state index in [1.54, 1.807) is 10.9 Å². The molecule has 4 rings (SSSR count). The van der Waals surface area contributed by atoms with E-state index < -0.39 is 0 Å². The Hall–Kier alpha value is -2.84. The molecule has 0 spiro atoms. The first-order chi connectivity index (χ1) is 14.6. The summed E-state index contributed by atoms with van der Waals surface area (Å²) in [5.41, 5.74) is 2.20. The Balaban J connectivity index is 1.46. The monoisotopic (exact) mass is 427 g/mol. The fourth-order valence-electron chi connectivity index (χ4n) is 3.68. The SMILES string of the molecule is CN=C(NCC(c1ccc(Cl)cc1)n1cccn1)N1CCOC(c2cnn(C)c2)C1. The highest BCUT2D eigenvalue weighted by atomic mass is 35.5. The summed E-state index contributed by atoms with van der Waals surface area (Å²) in [6, 6.07) is 9.83. The van der Waals surface area contributed by atoms with Crippen molar-refractivity contribution in [2.75, 3.05) is 33.3 Å². The third kappa shape index (κ3) is 4.66. The van der Waals surface area contributed by atoms with Gasteiger partial charge in [0, 0.05) is 56.4 Å². The Bertz CT molecular complexity index is 968. The molecule has 0 aliphatic carbocycles. The molecule has 0 bridgehead atoms. The van der Waals surface area contributed by atoms with Gasteiger partial charge in [0.15, 0.2) is 5.96 Å². The van der Waals surface area contributed by atoms with Crippen LogP contribution in [0.15, 0.2) is 60.1 Å². The summed E-state index contributed by atoms with van der Waals surface area (Å²) in [5, 5.41) is 13.0. The number of guanidine groups is 1. The third-order valence-electron chi connectivity index (χ3n) is 5.23. The van der Waals surface area contributed by atoms with Crippen molar-refractivity contribution >= 4 is 17.6 Å². The van der Waals surface area contributed by atoms with Gasteiger partial charge in [-0.2, -0.15) is 10.2 Å². The summed E-state index contributed by atoms with van der Waals surface area (Å²) in [7, 11) is 3.72. The van der Waals surface area contributed by atoms with Crippen molar-refractivity contribution in [1.29, 1.82) is 0 Å². The number of aliphatic imine (C=N–C) groups is 1. The zero-order valence-electron chi connectivity index (χ0n) is 17.1. The van der Waals surface area contributed by atoms with Gasteiger partial charge in [0.1, 0.15) is 6.10 Å². The number of halogens is 1. The van der Waals surface area contributed by atoms with Crippen LogP contribution in [-0.2, 0) is 11.8 Å². The maximum absolute atomic E-state index is 6.08. The summed E-state index contributed by atoms with van der Waals surface area (Å²) in [5.74, 6) is 0.846. The second kappa shape index (κ2) is 9.32. The van der Waals surface area contributed by atoms with E-state index in [0.717, 1.165) is 35.2 Å². The van der Waals surface area contributed by atoms with E-state index in [4.69, 9.17) is 16.3 Å². The average Bonchev–Trinajstić information content (AvgIpc) is 3.44. The lowest BCUT2D eigenvalue weighted by Gasteiger charge is -2.35. The molecule has 2 atom stereocenters. The topological polar surface area (TPSA) is 72.5 Å². The Morgan fingerprint density at radius 1 is 1.33 bits per heavy atom. The van der Waals surface area contributed by atoms with E-state index in [0.29, 0.717) is 13.2 Å². The number of aryl methyl sites for hydroxylation is 1. The Labute approximate surface area is 181 Å². The predicted octanol–water partition coefficient (Wildman–Crippen LogP) is 2.51. The molecule has 3 heterocycles. The molecule has 1 aliphatic rings. The van der Waals surface area contributed by atoms with E-state index in [2.05, 4.69) is 25.4 Å². The number of aromatic nitrogens is 4. The van der Waals surface area contributed by atoms with Gasteiger partial charge in [-0.15, -0.1) is 0 Å². The number of nitrogens with zero attached hydrogens (tertiary/aromatic N) is 6. The first-order valence-electron chi connectivity index (χ1n) is 9.94. The predicted molar refractivity (Wildman–Crippen MR) is 117 cm³/mol. The van der Waals surface area contributed by atoms with Crippen molar-refractivity contribution < 1.29 is 4.74 Å². The van der Waals surface area contributed by atoms with Crippen molar-refractivity contribution in [3.63, 3.8) is 0 Å². The first-order valence-corrected chi connectivity index (χ1v) is 10.3. The van der Waals surface area contributed by atoms with Crippen LogP contribution >= 0.6 is 11.6 Å². The van der Waals surface area contributed by atoms with E-state index in [1.165, 1.54) is 0 Å². The van der Waals surface area contributed by atoms with Gasteiger partial charge in [0.25, 0.3) is 0 Å². The zero-order chi connectivity index (χ0) is 20.9. The molecule has 1 fully saturated rings. The lowest BCUT2D eigenvalue weighted by Crippen LogP contribution is -2.49. The minimum atomic E-state index is -0.0239. The highest BCUT2D eigenvalue weighted by Crippen LogP contribution is 2.22. The summed E-state index contributed by atoms with van der Waals surface area (Å²) in [4.78, 5) is 6.74. The second-order valence-corrected chi connectivity index (χ2v) is 7.67. The van der Waals surface area contributed by atoms with Crippen molar-refractivity contribution in [2.24, 2.45) is 12.0 Å². The molecule has 1 aromatic carbocycles. The van der Waals surface area contributed by atoms with Crippen LogP contribution < -0.4 is 5.32 Å². The number of nitrogens with one attached hydrogen (secondary N) is 1. The Morgan fingerprint density at radius 3 is 2.83 bits per heavy atom. The molecule has 1 saturated heterocycles. The lowest BCUT2D eigenvalue weighted by atomic mass is 10.1. The van der Waals surface area contributed by atoms with E-state index in [1.807, 2.05) is 67.7 Å². The summed E-state index contributed by atoms with van der Waals surface area (Å²) in [6.45, 7) is 2.79. The second-order valence-electron chi connectivity index (χ2n) is 7.23. The number of rotatable bonds is 5. The van der Waals surface area contributed by atoms with Crippen molar-refractivity contribution in [3.05, 3.63) is 71.3 Å². The Kier molecular flexibility index (Phi) is 6.35. The van der Waals surface area contributed by atoms with Crippen LogP contribution in [-0.4, -0.2) is 63.7 Å². The molecule has 158 valence electrons. The normalized spacial score (nSPS) is 18.4. The quantitative estimate of drug-likeness (QED) is 0.500. The van der Waals surface area contributed by atoms with E-state index in [-0.39, 0.29) is 12.1 Å². The van der Waals surface area contributed by atoms with Gasteiger partial charge in [-0.3, -0.25) is 14.4 Å². The molecule has 2 aromatic heterocycles. The minimum Gasteiger partial charge on any atom is -0.370 e. The van der Waals surface area contributed by atoms with E-state index >= 15 is 0 Å². The molecule has 3 aromatic rings. The van der Waals surface area contributed by atoms with Crippen molar-refractivity contribution in [1.82, 2.24) is 29.8 Å². The number of morpholine rings is 1. The smallest absolute Gasteiger partial charge is 0.193 e. The van der Waals surface area contributed by atoms with Gasteiger partial charge in [0.05, 0.1) is 25.4 Å². The average molecular weight is 428 g/mol. The van der Waals surface area contributed by atoms with Crippen LogP contribution in [0.4, 0.5) is 0 Å². The van der Waals surface area contributed by atoms with Gasteiger partial charge in [-0.05, 0) is 23.8 Å². The fraction of sp³-hybridized carbons (Fsp3) is 0.381. The summed E-state index contributed by atoms with van der Waals surface area (Å²) in [6.07, 6.45) is 7.59. The van der Waals surface area contributed by atoms with Crippen molar-refractivity contribution in [3.8, 4) is 0 Å². The molecule has 9 heteroatoms. The van der Waals surface area contributed by atoms with Crippen LogP contribution in [0, 0.1) is 0 Å². The van der Waals surface area contributed by atoms with Gasteiger partial charge < -0.3 is 15.0 Å². The van der Waals surface area contributed by atoms with Gasteiger partial charge in [-0.1, -0.05) is 23.7 Å². The molecular weight excluding hydrogens is 402 g/mol. The maximum Gasteiger partial charge on any atom is 0.193 e. The molecular formula is C21H26ClN7O. The van der Waals surface area contributed by atoms with Crippen molar-refractivity contribution in [2.45, 2.75) is 12.1 Å². The highest BCUT2D eigenvalue weighted by Gasteiger charge is 2.26. The summed E-state index contributed by atoms with van der Waals surface area (Å²) >= 11 is 6.08. The molecule has 0 amide bonds.